The Hall–Kier alpha value is -3.08. The van der Waals surface area contributed by atoms with Gasteiger partial charge in [-0.3, -0.25) is 4.90 Å². The zero-order valence-electron chi connectivity index (χ0n) is 18.1. The molecule has 162 valence electrons. The summed E-state index contributed by atoms with van der Waals surface area (Å²) in [5.74, 6) is 0.606. The Kier molecular flexibility index (Phi) is 5.50. The van der Waals surface area contributed by atoms with Crippen LogP contribution in [-0.2, 0) is 13.0 Å². The Bertz CT molecular complexity index is 1330. The molecule has 1 aliphatic heterocycles. The zero-order valence-corrected chi connectivity index (χ0v) is 18.9. The number of halogens is 1. The lowest BCUT2D eigenvalue weighted by Crippen LogP contribution is -2.34. The molecule has 3 aromatic carbocycles. The number of fused-ring (bicyclic) bond motifs is 3. The maximum atomic E-state index is 13.0. The van der Waals surface area contributed by atoms with Crippen molar-refractivity contribution >= 4 is 22.6 Å². The first-order valence-electron chi connectivity index (χ1n) is 10.8. The monoisotopic (exact) mass is 445 g/mol. The van der Waals surface area contributed by atoms with Crippen LogP contribution in [0.25, 0.3) is 11.0 Å². The highest BCUT2D eigenvalue weighted by Crippen LogP contribution is 2.41. The van der Waals surface area contributed by atoms with Crippen LogP contribution < -0.4 is 10.4 Å². The molecular weight excluding hydrogens is 422 g/mol. The van der Waals surface area contributed by atoms with Crippen molar-refractivity contribution in [3.63, 3.8) is 0 Å². The number of benzene rings is 3. The van der Waals surface area contributed by atoms with E-state index in [-0.39, 0.29) is 11.7 Å². The molecule has 0 bridgehead atoms. The van der Waals surface area contributed by atoms with Crippen LogP contribution in [-0.4, -0.2) is 11.6 Å². The van der Waals surface area contributed by atoms with Gasteiger partial charge in [-0.15, -0.1) is 0 Å². The number of aryl methyl sites for hydroxylation is 1. The lowest BCUT2D eigenvalue weighted by atomic mass is 9.97. The molecule has 1 aromatic heterocycles. The lowest BCUT2D eigenvalue weighted by molar-refractivity contribution is 0.0621. The maximum absolute atomic E-state index is 13.0. The molecule has 0 fully saturated rings. The predicted octanol–water partition coefficient (Wildman–Crippen LogP) is 6.26. The Morgan fingerprint density at radius 3 is 2.47 bits per heavy atom. The molecule has 32 heavy (non-hydrogen) atoms. The van der Waals surface area contributed by atoms with E-state index in [1.54, 1.807) is 0 Å². The highest BCUT2D eigenvalue weighted by molar-refractivity contribution is 6.33. The molecule has 2 heterocycles. The summed E-state index contributed by atoms with van der Waals surface area (Å²) < 4.78 is 12.0. The second kappa shape index (κ2) is 8.45. The largest absolute Gasteiger partial charge is 0.476 e. The van der Waals surface area contributed by atoms with Crippen molar-refractivity contribution < 1.29 is 9.15 Å². The van der Waals surface area contributed by atoms with Gasteiger partial charge >= 0.3 is 5.63 Å². The summed E-state index contributed by atoms with van der Waals surface area (Å²) in [6.07, 6.45) is 0.521. The molecule has 4 aromatic rings. The van der Waals surface area contributed by atoms with Gasteiger partial charge in [0.05, 0.1) is 10.6 Å². The first kappa shape index (κ1) is 20.8. The van der Waals surface area contributed by atoms with E-state index in [0.29, 0.717) is 41.6 Å². The third kappa shape index (κ3) is 3.70. The molecule has 0 saturated carbocycles. The molecule has 0 amide bonds. The maximum Gasteiger partial charge on any atom is 0.340 e. The molecule has 1 atom stereocenters. The minimum Gasteiger partial charge on any atom is -0.476 e. The molecule has 0 aliphatic carbocycles. The van der Waals surface area contributed by atoms with Gasteiger partial charge in [0, 0.05) is 30.0 Å². The average Bonchev–Trinajstić information content (AvgIpc) is 2.83. The van der Waals surface area contributed by atoms with Crippen molar-refractivity contribution in [2.45, 2.75) is 32.9 Å². The molecule has 4 nitrogen and oxygen atoms in total. The van der Waals surface area contributed by atoms with E-state index in [1.165, 1.54) is 5.56 Å². The summed E-state index contributed by atoms with van der Waals surface area (Å²) in [7, 11) is 0. The average molecular weight is 446 g/mol. The van der Waals surface area contributed by atoms with Crippen LogP contribution in [0.1, 0.15) is 40.8 Å². The molecule has 0 N–H and O–H groups in total. The molecule has 5 heteroatoms. The van der Waals surface area contributed by atoms with Crippen molar-refractivity contribution in [3.8, 4) is 5.75 Å². The normalized spacial score (nSPS) is 14.7. The van der Waals surface area contributed by atoms with Crippen molar-refractivity contribution in [2.75, 3.05) is 6.73 Å². The van der Waals surface area contributed by atoms with Gasteiger partial charge in [0.15, 0.2) is 0 Å². The van der Waals surface area contributed by atoms with Crippen molar-refractivity contribution in [2.24, 2.45) is 0 Å². The van der Waals surface area contributed by atoms with Gasteiger partial charge in [-0.05, 0) is 36.6 Å². The number of nitrogens with zero attached hydrogens (tertiary/aromatic N) is 1. The predicted molar refractivity (Wildman–Crippen MR) is 127 cm³/mol. The van der Waals surface area contributed by atoms with Gasteiger partial charge < -0.3 is 9.15 Å². The number of hydrogen-bond donors (Lipinski definition) is 0. The van der Waals surface area contributed by atoms with E-state index in [1.807, 2.05) is 61.5 Å². The van der Waals surface area contributed by atoms with Crippen LogP contribution in [0.15, 0.2) is 75.9 Å². The Morgan fingerprint density at radius 2 is 1.75 bits per heavy atom. The number of rotatable bonds is 4. The third-order valence-electron chi connectivity index (χ3n) is 6.37. The van der Waals surface area contributed by atoms with Gasteiger partial charge in [0.2, 0.25) is 0 Å². The summed E-state index contributed by atoms with van der Waals surface area (Å²) in [5.41, 5.74) is 4.91. The van der Waals surface area contributed by atoms with Crippen LogP contribution in [0.3, 0.4) is 0 Å². The van der Waals surface area contributed by atoms with E-state index in [2.05, 4.69) is 24.0 Å². The van der Waals surface area contributed by atoms with Crippen molar-refractivity contribution in [1.82, 2.24) is 4.90 Å². The fraction of sp³-hybridized carbons (Fsp3) is 0.222. The van der Waals surface area contributed by atoms with Gasteiger partial charge in [0.25, 0.3) is 0 Å². The minimum absolute atomic E-state index is 0.142. The second-order valence-electron chi connectivity index (χ2n) is 8.31. The quantitative estimate of drug-likeness (QED) is 0.348. The summed E-state index contributed by atoms with van der Waals surface area (Å²) in [5, 5.41) is 1.40. The number of hydrogen-bond acceptors (Lipinski definition) is 4. The molecule has 0 saturated heterocycles. The van der Waals surface area contributed by atoms with Crippen molar-refractivity contribution in [1.29, 1.82) is 0 Å². The molecule has 0 spiro atoms. The third-order valence-corrected chi connectivity index (χ3v) is 6.65. The summed E-state index contributed by atoms with van der Waals surface area (Å²) in [4.78, 5) is 15.2. The second-order valence-corrected chi connectivity index (χ2v) is 8.71. The molecule has 1 unspecified atom stereocenters. The fourth-order valence-corrected chi connectivity index (χ4v) is 4.70. The van der Waals surface area contributed by atoms with Crippen LogP contribution in [0.4, 0.5) is 0 Å². The van der Waals surface area contributed by atoms with Crippen molar-refractivity contribution in [3.05, 3.63) is 110 Å². The Balaban J connectivity index is 1.58. The van der Waals surface area contributed by atoms with Crippen LogP contribution >= 0.6 is 11.6 Å². The Labute approximate surface area is 192 Å². The van der Waals surface area contributed by atoms with Crippen LogP contribution in [0, 0.1) is 6.92 Å². The van der Waals surface area contributed by atoms with E-state index in [9.17, 15) is 4.79 Å². The lowest BCUT2D eigenvalue weighted by Gasteiger charge is -2.34. The van der Waals surface area contributed by atoms with Crippen LogP contribution in [0.2, 0.25) is 5.02 Å². The fourth-order valence-electron chi connectivity index (χ4n) is 4.42. The summed E-state index contributed by atoms with van der Waals surface area (Å²) in [6.45, 7) is 5.12. The van der Waals surface area contributed by atoms with E-state index < -0.39 is 0 Å². The van der Waals surface area contributed by atoms with Gasteiger partial charge in [0.1, 0.15) is 18.1 Å². The summed E-state index contributed by atoms with van der Waals surface area (Å²) >= 11 is 6.63. The molecule has 0 radical (unpaired) electrons. The van der Waals surface area contributed by atoms with E-state index in [0.717, 1.165) is 22.1 Å². The van der Waals surface area contributed by atoms with E-state index >= 15 is 0 Å². The highest BCUT2D eigenvalue weighted by Gasteiger charge is 2.28. The van der Waals surface area contributed by atoms with Gasteiger partial charge in [-0.1, -0.05) is 72.3 Å². The zero-order chi connectivity index (χ0) is 22.2. The van der Waals surface area contributed by atoms with Gasteiger partial charge in [-0.25, -0.2) is 4.79 Å². The first-order chi connectivity index (χ1) is 15.5. The molecular formula is C27H24ClNO3. The SMILES string of the molecule is Cc1c(Cc2ccccc2)c(=O)oc2c3c(c(Cl)cc12)OCN(C(C)c1ccccc1)C3. The highest BCUT2D eigenvalue weighted by atomic mass is 35.5. The molecule has 5 rings (SSSR count). The van der Waals surface area contributed by atoms with Crippen LogP contribution in [0.5, 0.6) is 5.75 Å². The topological polar surface area (TPSA) is 42.7 Å². The minimum atomic E-state index is -0.309. The Morgan fingerprint density at radius 1 is 1.06 bits per heavy atom. The van der Waals surface area contributed by atoms with E-state index in [4.69, 9.17) is 20.8 Å². The number of ether oxygens (including phenoxy) is 1. The first-order valence-corrected chi connectivity index (χ1v) is 11.1. The molecule has 1 aliphatic rings. The smallest absolute Gasteiger partial charge is 0.340 e. The standard InChI is InChI=1S/C27H24ClNO3/c1-17-21-14-24(28)26-23(15-29(16-31-26)18(2)20-11-7-4-8-12-20)25(21)32-27(30)22(17)13-19-9-5-3-6-10-19/h3-12,14,18H,13,15-16H2,1-2H3. The van der Waals surface area contributed by atoms with Gasteiger partial charge in [-0.2, -0.15) is 0 Å². The summed E-state index contributed by atoms with van der Waals surface area (Å²) in [6, 6.07) is 22.2.